The van der Waals surface area contributed by atoms with Crippen LogP contribution >= 0.6 is 15.9 Å². The summed E-state index contributed by atoms with van der Waals surface area (Å²) in [5, 5.41) is 9.01. The second-order valence-corrected chi connectivity index (χ2v) is 5.71. The molecule has 0 amide bonds. The number of halogens is 1. The zero-order chi connectivity index (χ0) is 13.4. The Labute approximate surface area is 119 Å². The molecular weight excluding hydrogens is 314 g/mol. The van der Waals surface area contributed by atoms with Crippen molar-refractivity contribution in [1.29, 1.82) is 0 Å². The Bertz CT molecular complexity index is 520. The van der Waals surface area contributed by atoms with Crippen molar-refractivity contribution in [2.75, 3.05) is 19.9 Å². The van der Waals surface area contributed by atoms with Crippen LogP contribution in [-0.2, 0) is 11.3 Å². The van der Waals surface area contributed by atoms with Gasteiger partial charge in [0.15, 0.2) is 11.5 Å². The number of nitrogens with zero attached hydrogens (tertiary/aromatic N) is 1. The number of carbonyl (C=O) groups is 1. The van der Waals surface area contributed by atoms with Gasteiger partial charge < -0.3 is 14.6 Å². The highest BCUT2D eigenvalue weighted by atomic mass is 79.9. The summed E-state index contributed by atoms with van der Waals surface area (Å²) in [5.41, 5.74) is 1.09. The Kier molecular flexibility index (Phi) is 3.36. The van der Waals surface area contributed by atoms with Crippen LogP contribution in [0.5, 0.6) is 11.5 Å². The van der Waals surface area contributed by atoms with E-state index in [1.54, 1.807) is 0 Å². The highest BCUT2D eigenvalue weighted by Crippen LogP contribution is 2.37. The molecule has 2 heterocycles. The highest BCUT2D eigenvalue weighted by Gasteiger charge is 2.28. The van der Waals surface area contributed by atoms with Crippen LogP contribution in [0.2, 0.25) is 0 Å². The molecule has 0 aromatic heterocycles. The van der Waals surface area contributed by atoms with E-state index in [4.69, 9.17) is 14.6 Å². The Balaban J connectivity index is 1.72. The first kappa shape index (κ1) is 12.7. The van der Waals surface area contributed by atoms with Crippen LogP contribution in [-0.4, -0.2) is 35.9 Å². The zero-order valence-corrected chi connectivity index (χ0v) is 11.9. The molecule has 5 nitrogen and oxygen atoms in total. The molecule has 3 rings (SSSR count). The van der Waals surface area contributed by atoms with Crippen molar-refractivity contribution in [2.45, 2.75) is 13.0 Å². The summed E-state index contributed by atoms with van der Waals surface area (Å²) in [6, 6.07) is 3.86. The van der Waals surface area contributed by atoms with E-state index in [9.17, 15) is 4.79 Å². The molecule has 2 aliphatic heterocycles. The second-order valence-electron chi connectivity index (χ2n) is 4.86. The fourth-order valence-corrected chi connectivity index (χ4v) is 2.95. The molecule has 1 N–H and O–H groups in total. The van der Waals surface area contributed by atoms with Crippen LogP contribution in [0.1, 0.15) is 12.0 Å². The van der Waals surface area contributed by atoms with E-state index in [0.717, 1.165) is 41.0 Å². The average Bonchev–Trinajstić information content (AvgIpc) is 2.98. The number of fused-ring (bicyclic) bond motifs is 1. The van der Waals surface area contributed by atoms with E-state index in [1.165, 1.54) is 0 Å². The Morgan fingerprint density at radius 2 is 2.16 bits per heavy atom. The maximum absolute atomic E-state index is 10.9. The van der Waals surface area contributed by atoms with Crippen LogP contribution in [0, 0.1) is 5.92 Å². The first-order valence-corrected chi connectivity index (χ1v) is 6.96. The summed E-state index contributed by atoms with van der Waals surface area (Å²) >= 11 is 3.52. The lowest BCUT2D eigenvalue weighted by atomic mass is 10.1. The van der Waals surface area contributed by atoms with Gasteiger partial charge in [-0.05, 0) is 30.7 Å². The molecule has 1 aromatic rings. The third-order valence-electron chi connectivity index (χ3n) is 3.56. The fourth-order valence-electron chi connectivity index (χ4n) is 2.50. The van der Waals surface area contributed by atoms with Crippen molar-refractivity contribution in [2.24, 2.45) is 5.92 Å². The quantitative estimate of drug-likeness (QED) is 0.921. The monoisotopic (exact) mass is 327 g/mol. The maximum Gasteiger partial charge on any atom is 0.307 e. The van der Waals surface area contributed by atoms with Crippen LogP contribution < -0.4 is 9.47 Å². The minimum absolute atomic E-state index is 0.243. The molecular formula is C13H14BrNO4. The lowest BCUT2D eigenvalue weighted by Gasteiger charge is -2.16. The van der Waals surface area contributed by atoms with Gasteiger partial charge in [0, 0.05) is 17.6 Å². The molecule has 1 atom stereocenters. The summed E-state index contributed by atoms with van der Waals surface area (Å²) in [6.45, 7) is 2.41. The standard InChI is InChI=1S/C13H14BrNO4/c14-10-4-12-11(18-7-19-12)3-9(10)6-15-2-1-8(5-15)13(16)17/h3-4,8H,1-2,5-7H2,(H,16,17). The molecule has 1 saturated heterocycles. The number of hydrogen-bond acceptors (Lipinski definition) is 4. The SMILES string of the molecule is O=C(O)C1CCN(Cc2cc3c(cc2Br)OCO3)C1. The molecule has 1 aromatic carbocycles. The molecule has 0 bridgehead atoms. The van der Waals surface area contributed by atoms with Gasteiger partial charge in [0.2, 0.25) is 6.79 Å². The van der Waals surface area contributed by atoms with Gasteiger partial charge in [-0.15, -0.1) is 0 Å². The number of likely N-dealkylation sites (tertiary alicyclic amines) is 1. The van der Waals surface area contributed by atoms with Crippen LogP contribution in [0.3, 0.4) is 0 Å². The minimum Gasteiger partial charge on any atom is -0.481 e. The Morgan fingerprint density at radius 1 is 1.42 bits per heavy atom. The summed E-state index contributed by atoms with van der Waals surface area (Å²) < 4.78 is 11.6. The predicted molar refractivity (Wildman–Crippen MR) is 71.3 cm³/mol. The van der Waals surface area contributed by atoms with Crippen LogP contribution in [0.25, 0.3) is 0 Å². The molecule has 0 aliphatic carbocycles. The van der Waals surface area contributed by atoms with Gasteiger partial charge in [-0.2, -0.15) is 0 Å². The molecule has 0 spiro atoms. The number of aliphatic carboxylic acids is 1. The third kappa shape index (κ3) is 2.55. The van der Waals surface area contributed by atoms with Crippen molar-refractivity contribution in [3.63, 3.8) is 0 Å². The van der Waals surface area contributed by atoms with Crippen molar-refractivity contribution >= 4 is 21.9 Å². The smallest absolute Gasteiger partial charge is 0.307 e. The number of ether oxygens (including phenoxy) is 2. The number of rotatable bonds is 3. The van der Waals surface area contributed by atoms with E-state index < -0.39 is 5.97 Å². The molecule has 0 saturated carbocycles. The molecule has 1 unspecified atom stereocenters. The summed E-state index contributed by atoms with van der Waals surface area (Å²) in [6.07, 6.45) is 0.720. The van der Waals surface area contributed by atoms with Crippen molar-refractivity contribution < 1.29 is 19.4 Å². The lowest BCUT2D eigenvalue weighted by molar-refractivity contribution is -0.141. The predicted octanol–water partition coefficient (Wildman–Crippen LogP) is 2.08. The molecule has 2 aliphatic rings. The van der Waals surface area contributed by atoms with Crippen LogP contribution in [0.4, 0.5) is 0 Å². The summed E-state index contributed by atoms with van der Waals surface area (Å²) in [4.78, 5) is 13.1. The van der Waals surface area contributed by atoms with Gasteiger partial charge >= 0.3 is 5.97 Å². The normalized spacial score (nSPS) is 21.8. The topological polar surface area (TPSA) is 59.0 Å². The van der Waals surface area contributed by atoms with Gasteiger partial charge in [0.1, 0.15) is 0 Å². The number of carboxylic acids is 1. The van der Waals surface area contributed by atoms with Crippen molar-refractivity contribution in [3.05, 3.63) is 22.2 Å². The fraction of sp³-hybridized carbons (Fsp3) is 0.462. The molecule has 19 heavy (non-hydrogen) atoms. The number of hydrogen-bond donors (Lipinski definition) is 1. The number of benzene rings is 1. The van der Waals surface area contributed by atoms with Gasteiger partial charge in [-0.3, -0.25) is 9.69 Å². The summed E-state index contributed by atoms with van der Waals surface area (Å²) in [5.74, 6) is 0.563. The first-order valence-electron chi connectivity index (χ1n) is 6.16. The molecule has 0 radical (unpaired) electrons. The Hall–Kier alpha value is -1.27. The second kappa shape index (κ2) is 5.02. The van der Waals surface area contributed by atoms with E-state index >= 15 is 0 Å². The Morgan fingerprint density at radius 3 is 2.84 bits per heavy atom. The van der Waals surface area contributed by atoms with Gasteiger partial charge in [0.25, 0.3) is 0 Å². The minimum atomic E-state index is -0.702. The van der Waals surface area contributed by atoms with Gasteiger partial charge in [-0.25, -0.2) is 0 Å². The first-order chi connectivity index (χ1) is 9.13. The average molecular weight is 328 g/mol. The highest BCUT2D eigenvalue weighted by molar-refractivity contribution is 9.10. The van der Waals surface area contributed by atoms with E-state index in [1.807, 2.05) is 12.1 Å². The van der Waals surface area contributed by atoms with Crippen molar-refractivity contribution in [1.82, 2.24) is 4.90 Å². The lowest BCUT2D eigenvalue weighted by Crippen LogP contribution is -2.23. The number of carboxylic acid groups (broad SMARTS) is 1. The molecule has 1 fully saturated rings. The van der Waals surface area contributed by atoms with Gasteiger partial charge in [0.05, 0.1) is 5.92 Å². The van der Waals surface area contributed by atoms with E-state index in [2.05, 4.69) is 20.8 Å². The van der Waals surface area contributed by atoms with Crippen LogP contribution in [0.15, 0.2) is 16.6 Å². The molecule has 6 heteroatoms. The third-order valence-corrected chi connectivity index (χ3v) is 4.30. The van der Waals surface area contributed by atoms with Crippen molar-refractivity contribution in [3.8, 4) is 11.5 Å². The maximum atomic E-state index is 10.9. The largest absolute Gasteiger partial charge is 0.481 e. The summed E-state index contributed by atoms with van der Waals surface area (Å²) in [7, 11) is 0. The zero-order valence-electron chi connectivity index (χ0n) is 10.3. The van der Waals surface area contributed by atoms with E-state index in [0.29, 0.717) is 6.54 Å². The molecule has 102 valence electrons. The van der Waals surface area contributed by atoms with Gasteiger partial charge in [-0.1, -0.05) is 15.9 Å². The van der Waals surface area contributed by atoms with E-state index in [-0.39, 0.29) is 12.7 Å².